The van der Waals surface area contributed by atoms with Crippen molar-refractivity contribution < 1.29 is 0 Å². The lowest BCUT2D eigenvalue weighted by Gasteiger charge is -1.96. The maximum atomic E-state index is 4.07. The van der Waals surface area contributed by atoms with E-state index in [0.717, 1.165) is 17.7 Å². The molecule has 0 radical (unpaired) electrons. The summed E-state index contributed by atoms with van der Waals surface area (Å²) in [5.74, 6) is 0. The fourth-order valence-corrected chi connectivity index (χ4v) is 0.651. The second-order valence-corrected chi connectivity index (χ2v) is 2.52. The molecule has 0 saturated heterocycles. The Hall–Kier alpha value is -1.44. The first-order valence-electron chi connectivity index (χ1n) is 4.20. The molecular weight excluding hydrogens is 160 g/mol. The zero-order chi connectivity index (χ0) is 10.1. The maximum absolute atomic E-state index is 4.07. The summed E-state index contributed by atoms with van der Waals surface area (Å²) in [5.41, 5.74) is 2.01. The van der Waals surface area contributed by atoms with Crippen molar-refractivity contribution in [2.75, 3.05) is 6.54 Å². The Morgan fingerprint density at radius 2 is 2.15 bits per heavy atom. The molecule has 2 nitrogen and oxygen atoms in total. The van der Waals surface area contributed by atoms with E-state index in [9.17, 15) is 0 Å². The number of aliphatic imine (C=N–C) groups is 2. The van der Waals surface area contributed by atoms with E-state index in [1.807, 2.05) is 26.0 Å². The Balaban J connectivity index is 4.24. The van der Waals surface area contributed by atoms with Crippen LogP contribution in [0.2, 0.25) is 0 Å². The predicted octanol–water partition coefficient (Wildman–Crippen LogP) is 2.79. The van der Waals surface area contributed by atoms with Gasteiger partial charge in [-0.2, -0.15) is 0 Å². The zero-order valence-corrected chi connectivity index (χ0v) is 8.33. The first kappa shape index (κ1) is 11.6. The lowest BCUT2D eigenvalue weighted by molar-refractivity contribution is 1.14. The molecule has 0 aromatic rings. The van der Waals surface area contributed by atoms with Crippen LogP contribution < -0.4 is 0 Å². The quantitative estimate of drug-likeness (QED) is 0.454. The van der Waals surface area contributed by atoms with Gasteiger partial charge in [0.15, 0.2) is 0 Å². The lowest BCUT2D eigenvalue weighted by atomic mass is 10.1. The van der Waals surface area contributed by atoms with Crippen LogP contribution in [0.1, 0.15) is 13.8 Å². The summed E-state index contributed by atoms with van der Waals surface area (Å²) in [4.78, 5) is 7.67. The lowest BCUT2D eigenvalue weighted by Crippen LogP contribution is -1.80. The second kappa shape index (κ2) is 7.22. The van der Waals surface area contributed by atoms with Crippen molar-refractivity contribution in [2.45, 2.75) is 13.8 Å². The summed E-state index contributed by atoms with van der Waals surface area (Å²) in [7, 11) is 0. The third kappa shape index (κ3) is 5.79. The number of hydrogen-bond acceptors (Lipinski definition) is 2. The molecule has 0 amide bonds. The minimum Gasteiger partial charge on any atom is -0.293 e. The molecule has 0 saturated carbocycles. The molecule has 0 fully saturated rings. The summed E-state index contributed by atoms with van der Waals surface area (Å²) in [5, 5.41) is 0. The fourth-order valence-electron chi connectivity index (χ4n) is 0.651. The van der Waals surface area contributed by atoms with Gasteiger partial charge in [-0.15, -0.1) is 0 Å². The van der Waals surface area contributed by atoms with Crippen molar-refractivity contribution in [3.8, 4) is 0 Å². The summed E-state index contributed by atoms with van der Waals surface area (Å²) < 4.78 is 0. The molecule has 70 valence electrons. The van der Waals surface area contributed by atoms with E-state index in [1.54, 1.807) is 12.4 Å². The Labute approximate surface area is 80.1 Å². The minimum atomic E-state index is 0.806. The van der Waals surface area contributed by atoms with Crippen LogP contribution in [0.25, 0.3) is 0 Å². The van der Waals surface area contributed by atoms with E-state index in [-0.39, 0.29) is 0 Å². The SMILES string of the molecule is C=N/C=C\C(=C)/C(C)=C/C=NCC. The van der Waals surface area contributed by atoms with Crippen LogP contribution >= 0.6 is 0 Å². The largest absolute Gasteiger partial charge is 0.293 e. The van der Waals surface area contributed by atoms with Gasteiger partial charge in [-0.3, -0.25) is 9.98 Å². The Bertz CT molecular complexity index is 257. The molecule has 0 bridgehead atoms. The molecule has 0 atom stereocenters. The van der Waals surface area contributed by atoms with Gasteiger partial charge in [0.05, 0.1) is 0 Å². The van der Waals surface area contributed by atoms with E-state index < -0.39 is 0 Å². The molecular formula is C11H16N2. The van der Waals surface area contributed by atoms with Crippen LogP contribution in [0.4, 0.5) is 0 Å². The third-order valence-electron chi connectivity index (χ3n) is 1.50. The first-order chi connectivity index (χ1) is 6.22. The van der Waals surface area contributed by atoms with Crippen LogP contribution in [0.15, 0.2) is 46.1 Å². The maximum Gasteiger partial charge on any atom is 0.0360 e. The highest BCUT2D eigenvalue weighted by molar-refractivity contribution is 5.73. The van der Waals surface area contributed by atoms with Crippen molar-refractivity contribution >= 4 is 12.9 Å². The van der Waals surface area contributed by atoms with Crippen LogP contribution in [-0.2, 0) is 0 Å². The monoisotopic (exact) mass is 176 g/mol. The molecule has 0 N–H and O–H groups in total. The van der Waals surface area contributed by atoms with Crippen LogP contribution in [0.5, 0.6) is 0 Å². The molecule has 2 heteroatoms. The average molecular weight is 176 g/mol. The van der Waals surface area contributed by atoms with Crippen molar-refractivity contribution in [2.24, 2.45) is 9.98 Å². The molecule has 0 aliphatic heterocycles. The summed E-state index contributed by atoms with van der Waals surface area (Å²) in [6.07, 6.45) is 7.16. The van der Waals surface area contributed by atoms with Crippen LogP contribution in [0.3, 0.4) is 0 Å². The predicted molar refractivity (Wildman–Crippen MR) is 60.6 cm³/mol. The first-order valence-corrected chi connectivity index (χ1v) is 4.20. The van der Waals surface area contributed by atoms with Gasteiger partial charge < -0.3 is 0 Å². The summed E-state index contributed by atoms with van der Waals surface area (Å²) >= 11 is 0. The number of hydrogen-bond donors (Lipinski definition) is 0. The van der Waals surface area contributed by atoms with Gasteiger partial charge >= 0.3 is 0 Å². The van der Waals surface area contributed by atoms with Crippen LogP contribution in [0, 0.1) is 0 Å². The number of nitrogens with zero attached hydrogens (tertiary/aromatic N) is 2. The van der Waals surface area contributed by atoms with Crippen molar-refractivity contribution in [1.29, 1.82) is 0 Å². The standard InChI is InChI=1S/C11H16N2/c1-5-13-9-7-11(3)10(2)6-8-12-4/h6-9H,2,4-5H2,1,3H3/b8-6-,11-7+,13-9?. The van der Waals surface area contributed by atoms with Crippen LogP contribution in [-0.4, -0.2) is 19.5 Å². The van der Waals surface area contributed by atoms with Crippen molar-refractivity contribution in [3.05, 3.63) is 36.1 Å². The van der Waals surface area contributed by atoms with Gasteiger partial charge in [0.2, 0.25) is 0 Å². The van der Waals surface area contributed by atoms with Crippen molar-refractivity contribution in [3.63, 3.8) is 0 Å². The fraction of sp³-hybridized carbons (Fsp3) is 0.273. The highest BCUT2D eigenvalue weighted by Crippen LogP contribution is 2.06. The second-order valence-electron chi connectivity index (χ2n) is 2.52. The van der Waals surface area contributed by atoms with E-state index >= 15 is 0 Å². The highest BCUT2D eigenvalue weighted by atomic mass is 14.7. The van der Waals surface area contributed by atoms with Gasteiger partial charge in [0, 0.05) is 19.0 Å². The third-order valence-corrected chi connectivity index (χ3v) is 1.50. The van der Waals surface area contributed by atoms with E-state index in [1.165, 1.54) is 0 Å². The Morgan fingerprint density at radius 1 is 1.46 bits per heavy atom. The van der Waals surface area contributed by atoms with Gasteiger partial charge in [0.1, 0.15) is 0 Å². The summed E-state index contributed by atoms with van der Waals surface area (Å²) in [6.45, 7) is 12.0. The molecule has 0 aromatic heterocycles. The molecule has 13 heavy (non-hydrogen) atoms. The van der Waals surface area contributed by atoms with Crippen molar-refractivity contribution in [1.82, 2.24) is 0 Å². The molecule has 0 unspecified atom stereocenters. The molecule has 0 rings (SSSR count). The highest BCUT2D eigenvalue weighted by Gasteiger charge is 1.88. The Morgan fingerprint density at radius 3 is 2.69 bits per heavy atom. The number of rotatable bonds is 5. The summed E-state index contributed by atoms with van der Waals surface area (Å²) in [6, 6.07) is 0. The molecule has 0 heterocycles. The van der Waals surface area contributed by atoms with Gasteiger partial charge in [-0.25, -0.2) is 0 Å². The average Bonchev–Trinajstić information content (AvgIpc) is 2.14. The normalized spacial score (nSPS) is 12.6. The topological polar surface area (TPSA) is 24.7 Å². The van der Waals surface area contributed by atoms with E-state index in [4.69, 9.17) is 0 Å². The minimum absolute atomic E-state index is 0.806. The smallest absolute Gasteiger partial charge is 0.0360 e. The van der Waals surface area contributed by atoms with Gasteiger partial charge in [-0.05, 0) is 43.9 Å². The molecule has 0 spiro atoms. The van der Waals surface area contributed by atoms with E-state index in [0.29, 0.717) is 0 Å². The number of allylic oxidation sites excluding steroid dienone is 4. The molecule has 0 aromatic carbocycles. The van der Waals surface area contributed by atoms with Gasteiger partial charge in [-0.1, -0.05) is 6.58 Å². The Kier molecular flexibility index (Phi) is 6.42. The van der Waals surface area contributed by atoms with Gasteiger partial charge in [0.25, 0.3) is 0 Å². The van der Waals surface area contributed by atoms with E-state index in [2.05, 4.69) is 23.3 Å². The zero-order valence-electron chi connectivity index (χ0n) is 8.33. The molecule has 0 aliphatic rings. The molecule has 0 aliphatic carbocycles.